The van der Waals surface area contributed by atoms with Crippen molar-refractivity contribution in [2.75, 3.05) is 6.61 Å². The Hall–Kier alpha value is -1.97. The normalized spacial score (nSPS) is 17.8. The molecule has 0 spiro atoms. The molecule has 1 amide bonds. The standard InChI is InChI=1S/C16H21NO3/c1-3-14-10-15(11-17(14)16(18)19-4-2)20-12-13-8-6-5-7-9-13/h5-9,11,14H,3-4,10,12H2,1-2H3. The van der Waals surface area contributed by atoms with Crippen LogP contribution in [0.4, 0.5) is 4.79 Å². The molecular formula is C16H21NO3. The van der Waals surface area contributed by atoms with Gasteiger partial charge in [-0.25, -0.2) is 4.79 Å². The van der Waals surface area contributed by atoms with Crippen LogP contribution in [0.2, 0.25) is 0 Å². The lowest BCUT2D eigenvalue weighted by atomic mass is 10.1. The van der Waals surface area contributed by atoms with Gasteiger partial charge in [0.15, 0.2) is 0 Å². The predicted molar refractivity (Wildman–Crippen MR) is 76.9 cm³/mol. The molecule has 1 aromatic carbocycles. The molecule has 0 aromatic heterocycles. The highest BCUT2D eigenvalue weighted by Gasteiger charge is 2.29. The van der Waals surface area contributed by atoms with Crippen LogP contribution in [0.5, 0.6) is 0 Å². The molecule has 4 heteroatoms. The molecule has 0 bridgehead atoms. The van der Waals surface area contributed by atoms with Gasteiger partial charge in [0.1, 0.15) is 12.4 Å². The number of amides is 1. The lowest BCUT2D eigenvalue weighted by molar-refractivity contribution is 0.112. The second kappa shape index (κ2) is 6.98. The van der Waals surface area contributed by atoms with Gasteiger partial charge in [0.05, 0.1) is 6.61 Å². The first-order valence-corrected chi connectivity index (χ1v) is 7.07. The van der Waals surface area contributed by atoms with Crippen molar-refractivity contribution in [1.29, 1.82) is 0 Å². The number of hydrogen-bond acceptors (Lipinski definition) is 3. The van der Waals surface area contributed by atoms with E-state index in [4.69, 9.17) is 9.47 Å². The molecule has 0 N–H and O–H groups in total. The zero-order valence-corrected chi connectivity index (χ0v) is 12.0. The van der Waals surface area contributed by atoms with Gasteiger partial charge in [0.2, 0.25) is 0 Å². The van der Waals surface area contributed by atoms with Crippen LogP contribution in [-0.4, -0.2) is 23.6 Å². The van der Waals surface area contributed by atoms with E-state index in [2.05, 4.69) is 6.92 Å². The summed E-state index contributed by atoms with van der Waals surface area (Å²) in [5.74, 6) is 0.841. The molecule has 2 rings (SSSR count). The van der Waals surface area contributed by atoms with Crippen molar-refractivity contribution in [3.8, 4) is 0 Å². The second-order valence-corrected chi connectivity index (χ2v) is 4.74. The smallest absolute Gasteiger partial charge is 0.414 e. The highest BCUT2D eigenvalue weighted by atomic mass is 16.6. The van der Waals surface area contributed by atoms with Crippen LogP contribution in [-0.2, 0) is 16.1 Å². The second-order valence-electron chi connectivity index (χ2n) is 4.74. The summed E-state index contributed by atoms with van der Waals surface area (Å²) in [6.07, 6.45) is 3.11. The lowest BCUT2D eigenvalue weighted by Gasteiger charge is -2.20. The molecule has 1 atom stereocenters. The maximum absolute atomic E-state index is 11.8. The summed E-state index contributed by atoms with van der Waals surface area (Å²) in [6.45, 7) is 4.79. The summed E-state index contributed by atoms with van der Waals surface area (Å²) in [5.41, 5.74) is 1.12. The minimum absolute atomic E-state index is 0.139. The van der Waals surface area contributed by atoms with E-state index in [-0.39, 0.29) is 12.1 Å². The molecule has 1 aliphatic rings. The van der Waals surface area contributed by atoms with E-state index in [1.165, 1.54) is 0 Å². The third-order valence-electron chi connectivity index (χ3n) is 3.33. The Bertz CT molecular complexity index is 470. The van der Waals surface area contributed by atoms with Crippen LogP contribution in [0.25, 0.3) is 0 Å². The zero-order chi connectivity index (χ0) is 14.4. The van der Waals surface area contributed by atoms with Crippen molar-refractivity contribution in [2.24, 2.45) is 0 Å². The van der Waals surface area contributed by atoms with Crippen LogP contribution in [0.3, 0.4) is 0 Å². The van der Waals surface area contributed by atoms with Crippen molar-refractivity contribution in [1.82, 2.24) is 4.90 Å². The van der Waals surface area contributed by atoms with Gasteiger partial charge < -0.3 is 9.47 Å². The van der Waals surface area contributed by atoms with E-state index in [9.17, 15) is 4.79 Å². The number of rotatable bonds is 5. The molecular weight excluding hydrogens is 254 g/mol. The quantitative estimate of drug-likeness (QED) is 0.822. The summed E-state index contributed by atoms with van der Waals surface area (Å²) < 4.78 is 10.8. The van der Waals surface area contributed by atoms with E-state index in [0.29, 0.717) is 13.2 Å². The number of nitrogens with zero attached hydrogens (tertiary/aromatic N) is 1. The third-order valence-corrected chi connectivity index (χ3v) is 3.33. The maximum atomic E-state index is 11.8. The first kappa shape index (κ1) is 14.4. The Balaban J connectivity index is 1.95. The fourth-order valence-electron chi connectivity index (χ4n) is 2.23. The summed E-state index contributed by atoms with van der Waals surface area (Å²) >= 11 is 0. The molecule has 1 unspecified atom stereocenters. The van der Waals surface area contributed by atoms with Gasteiger partial charge >= 0.3 is 6.09 Å². The predicted octanol–water partition coefficient (Wildman–Crippen LogP) is 3.69. The van der Waals surface area contributed by atoms with Gasteiger partial charge in [-0.2, -0.15) is 0 Å². The fourth-order valence-corrected chi connectivity index (χ4v) is 2.23. The topological polar surface area (TPSA) is 38.8 Å². The summed E-state index contributed by atoms with van der Waals surface area (Å²) in [6, 6.07) is 10.1. The van der Waals surface area contributed by atoms with Crippen LogP contribution in [0.1, 0.15) is 32.3 Å². The van der Waals surface area contributed by atoms with Crippen molar-refractivity contribution >= 4 is 6.09 Å². The van der Waals surface area contributed by atoms with E-state index in [1.807, 2.05) is 37.3 Å². The van der Waals surface area contributed by atoms with Crippen LogP contribution < -0.4 is 0 Å². The van der Waals surface area contributed by atoms with Gasteiger partial charge in [-0.3, -0.25) is 4.90 Å². The minimum atomic E-state index is -0.294. The Kier molecular flexibility index (Phi) is 5.04. The summed E-state index contributed by atoms with van der Waals surface area (Å²) in [5, 5.41) is 0. The van der Waals surface area contributed by atoms with Gasteiger partial charge in [-0.15, -0.1) is 0 Å². The lowest BCUT2D eigenvalue weighted by Crippen LogP contribution is -2.32. The zero-order valence-electron chi connectivity index (χ0n) is 12.0. The highest BCUT2D eigenvalue weighted by Crippen LogP contribution is 2.26. The van der Waals surface area contributed by atoms with Gasteiger partial charge in [0.25, 0.3) is 0 Å². The number of carbonyl (C=O) groups excluding carboxylic acids is 1. The molecule has 1 heterocycles. The average molecular weight is 275 g/mol. The molecule has 1 aromatic rings. The first-order chi connectivity index (χ1) is 9.74. The summed E-state index contributed by atoms with van der Waals surface area (Å²) in [7, 11) is 0. The van der Waals surface area contributed by atoms with E-state index >= 15 is 0 Å². The summed E-state index contributed by atoms with van der Waals surface area (Å²) in [4.78, 5) is 13.5. The number of carbonyl (C=O) groups is 1. The first-order valence-electron chi connectivity index (χ1n) is 7.07. The van der Waals surface area contributed by atoms with Crippen molar-refractivity contribution < 1.29 is 14.3 Å². The molecule has 108 valence electrons. The van der Waals surface area contributed by atoms with E-state index in [1.54, 1.807) is 11.1 Å². The average Bonchev–Trinajstić information content (AvgIpc) is 2.90. The Morgan fingerprint density at radius 3 is 2.70 bits per heavy atom. The molecule has 1 aliphatic heterocycles. The van der Waals surface area contributed by atoms with Crippen LogP contribution in [0, 0.1) is 0 Å². The van der Waals surface area contributed by atoms with E-state index < -0.39 is 0 Å². The van der Waals surface area contributed by atoms with Crippen molar-refractivity contribution in [2.45, 2.75) is 39.3 Å². The molecule has 0 fully saturated rings. The van der Waals surface area contributed by atoms with Gasteiger partial charge in [-0.05, 0) is 18.9 Å². The number of ether oxygens (including phenoxy) is 2. The molecule has 0 saturated carbocycles. The van der Waals surface area contributed by atoms with Crippen molar-refractivity contribution in [3.63, 3.8) is 0 Å². The van der Waals surface area contributed by atoms with E-state index in [0.717, 1.165) is 24.2 Å². The van der Waals surface area contributed by atoms with Crippen LogP contribution >= 0.6 is 0 Å². The van der Waals surface area contributed by atoms with Crippen LogP contribution in [0.15, 0.2) is 42.3 Å². The SMILES string of the molecule is CCOC(=O)N1C=C(OCc2ccccc2)CC1CC. The monoisotopic (exact) mass is 275 g/mol. The molecule has 0 aliphatic carbocycles. The Morgan fingerprint density at radius 2 is 2.05 bits per heavy atom. The number of benzene rings is 1. The van der Waals surface area contributed by atoms with Gasteiger partial charge in [-0.1, -0.05) is 37.3 Å². The fraction of sp³-hybridized carbons (Fsp3) is 0.438. The maximum Gasteiger partial charge on any atom is 0.414 e. The minimum Gasteiger partial charge on any atom is -0.492 e. The molecule has 4 nitrogen and oxygen atoms in total. The Morgan fingerprint density at radius 1 is 1.30 bits per heavy atom. The highest BCUT2D eigenvalue weighted by molar-refractivity contribution is 5.70. The van der Waals surface area contributed by atoms with Gasteiger partial charge in [0, 0.05) is 18.7 Å². The third kappa shape index (κ3) is 3.53. The number of hydrogen-bond donors (Lipinski definition) is 0. The van der Waals surface area contributed by atoms with Crippen molar-refractivity contribution in [3.05, 3.63) is 47.9 Å². The largest absolute Gasteiger partial charge is 0.492 e. The molecule has 20 heavy (non-hydrogen) atoms. The Labute approximate surface area is 120 Å². The molecule has 0 radical (unpaired) electrons. The molecule has 0 saturated heterocycles.